The van der Waals surface area contributed by atoms with E-state index < -0.39 is 47.9 Å². The van der Waals surface area contributed by atoms with Crippen molar-refractivity contribution in [1.29, 1.82) is 0 Å². The number of nitrogens with one attached hydrogen (secondary N) is 1. The summed E-state index contributed by atoms with van der Waals surface area (Å²) in [5.41, 5.74) is -2.40. The molecule has 0 unspecified atom stereocenters. The van der Waals surface area contributed by atoms with E-state index in [1.165, 1.54) is 0 Å². The molecule has 1 saturated heterocycles. The van der Waals surface area contributed by atoms with E-state index in [-0.39, 0.29) is 13.2 Å². The lowest BCUT2D eigenvalue weighted by Crippen LogP contribution is -2.49. The second-order valence-electron chi connectivity index (χ2n) is 7.91. The highest BCUT2D eigenvalue weighted by Gasteiger charge is 2.65. The van der Waals surface area contributed by atoms with Crippen molar-refractivity contribution in [3.8, 4) is 0 Å². The van der Waals surface area contributed by atoms with Gasteiger partial charge in [0.25, 0.3) is 5.56 Å². The molecule has 34 heavy (non-hydrogen) atoms. The number of Topliss-reactive ketones (excluding diaryl/α,β-unsaturated/α-hetero) is 1. The first-order valence-corrected chi connectivity index (χ1v) is 10.5. The minimum Gasteiger partial charge on any atom is -0.374 e. The van der Waals surface area contributed by atoms with E-state index in [2.05, 4.69) is 0 Å². The number of aromatic amines is 1. The Labute approximate surface area is 193 Å². The highest BCUT2D eigenvalue weighted by molar-refractivity contribution is 5.91. The zero-order valence-corrected chi connectivity index (χ0v) is 18.1. The number of benzene rings is 2. The lowest BCUT2D eigenvalue weighted by atomic mass is 9.97. The molecule has 1 aromatic heterocycles. The topological polar surface area (TPSA) is 120 Å². The van der Waals surface area contributed by atoms with Gasteiger partial charge in [-0.05, 0) is 11.1 Å². The molecule has 2 N–H and O–H groups in total. The Bertz CT molecular complexity index is 1250. The van der Waals surface area contributed by atoms with E-state index >= 15 is 0 Å². The molecule has 3 atom stereocenters. The van der Waals surface area contributed by atoms with Crippen molar-refractivity contribution in [1.82, 2.24) is 9.55 Å². The predicted molar refractivity (Wildman–Crippen MR) is 117 cm³/mol. The molecule has 0 radical (unpaired) electrons. The van der Waals surface area contributed by atoms with Crippen LogP contribution in [0, 0.1) is 0 Å². The summed E-state index contributed by atoms with van der Waals surface area (Å²) in [6.07, 6.45) is -0.718. The number of aliphatic hydroxyl groups is 1. The average molecular weight is 470 g/mol. The first kappa shape index (κ1) is 23.7. The van der Waals surface area contributed by atoms with Gasteiger partial charge in [-0.3, -0.25) is 14.6 Å². The number of carbonyl (C=O) groups is 1. The molecule has 2 aromatic carbocycles. The van der Waals surface area contributed by atoms with Crippen LogP contribution < -0.4 is 11.2 Å². The molecular weight excluding hydrogens is 447 g/mol. The summed E-state index contributed by atoms with van der Waals surface area (Å²) in [6.45, 7) is -1.71. The van der Waals surface area contributed by atoms with Crippen LogP contribution in [0.3, 0.4) is 0 Å². The monoisotopic (exact) mass is 470 g/mol. The maximum Gasteiger partial charge on any atom is 0.332 e. The molecule has 178 valence electrons. The van der Waals surface area contributed by atoms with Crippen LogP contribution in [0.2, 0.25) is 0 Å². The van der Waals surface area contributed by atoms with Crippen LogP contribution in [0.1, 0.15) is 11.1 Å². The number of carbonyl (C=O) groups excluding carboxylic acids is 1. The largest absolute Gasteiger partial charge is 0.374 e. The van der Waals surface area contributed by atoms with Gasteiger partial charge in [-0.25, -0.2) is 13.8 Å². The molecule has 1 aliphatic rings. The summed E-state index contributed by atoms with van der Waals surface area (Å²) >= 11 is 0. The summed E-state index contributed by atoms with van der Waals surface area (Å²) < 4.78 is 32.0. The molecule has 0 aliphatic carbocycles. The molecule has 3 aromatic rings. The number of aromatic nitrogens is 2. The standard InChI is InChI=1S/C24H23FN2O7/c25-15-23(16-32-13-17-7-3-1-4-8-17)21(33-14-18-9-5-2-6-10-18)20(29)24(31,34-23)27-12-11-19(28)26-22(27)30/h1-12,21,31H,13-16H2,(H,26,28,30)/t21-,23+,24-/m0/s1. The first-order chi connectivity index (χ1) is 16.4. The van der Waals surface area contributed by atoms with Crippen molar-refractivity contribution in [2.75, 3.05) is 13.3 Å². The van der Waals surface area contributed by atoms with Crippen molar-refractivity contribution >= 4 is 5.78 Å². The fraction of sp³-hybridized carbons (Fsp3) is 0.292. The number of alkyl halides is 1. The van der Waals surface area contributed by atoms with Crippen molar-refractivity contribution in [3.05, 3.63) is 105 Å². The molecule has 9 nitrogen and oxygen atoms in total. The average Bonchev–Trinajstić information content (AvgIpc) is 3.06. The molecule has 0 amide bonds. The minimum absolute atomic E-state index is 0.0857. The number of H-pyrrole nitrogens is 1. The number of nitrogens with zero attached hydrogens (tertiary/aromatic N) is 1. The summed E-state index contributed by atoms with van der Waals surface area (Å²) in [4.78, 5) is 39.0. The van der Waals surface area contributed by atoms with Crippen LogP contribution in [-0.2, 0) is 38.1 Å². The third-order valence-corrected chi connectivity index (χ3v) is 5.48. The van der Waals surface area contributed by atoms with Crippen molar-refractivity contribution in [3.63, 3.8) is 0 Å². The predicted octanol–water partition coefficient (Wildman–Crippen LogP) is 1.25. The van der Waals surface area contributed by atoms with E-state index in [9.17, 15) is 23.9 Å². The number of ether oxygens (including phenoxy) is 3. The van der Waals surface area contributed by atoms with E-state index in [0.29, 0.717) is 10.1 Å². The number of ketones is 1. The third-order valence-electron chi connectivity index (χ3n) is 5.48. The molecular formula is C24H23FN2O7. The molecule has 0 bridgehead atoms. The quantitative estimate of drug-likeness (QED) is 0.483. The molecule has 2 heterocycles. The first-order valence-electron chi connectivity index (χ1n) is 10.5. The number of rotatable bonds is 9. The highest BCUT2D eigenvalue weighted by Crippen LogP contribution is 2.39. The van der Waals surface area contributed by atoms with Gasteiger partial charge in [-0.2, -0.15) is 0 Å². The van der Waals surface area contributed by atoms with Gasteiger partial charge in [0, 0.05) is 12.3 Å². The summed E-state index contributed by atoms with van der Waals surface area (Å²) in [5, 5.41) is 11.1. The summed E-state index contributed by atoms with van der Waals surface area (Å²) in [7, 11) is 0. The number of halogens is 1. The van der Waals surface area contributed by atoms with Crippen LogP contribution in [0.5, 0.6) is 0 Å². The van der Waals surface area contributed by atoms with E-state index in [4.69, 9.17) is 14.2 Å². The van der Waals surface area contributed by atoms with Crippen LogP contribution >= 0.6 is 0 Å². The van der Waals surface area contributed by atoms with Gasteiger partial charge >= 0.3 is 11.6 Å². The maximum atomic E-state index is 14.6. The molecule has 1 fully saturated rings. The zero-order valence-electron chi connectivity index (χ0n) is 18.1. The van der Waals surface area contributed by atoms with Gasteiger partial charge in [-0.1, -0.05) is 60.7 Å². The summed E-state index contributed by atoms with van der Waals surface area (Å²) in [5.74, 6) is -4.01. The van der Waals surface area contributed by atoms with Crippen molar-refractivity contribution in [2.24, 2.45) is 0 Å². The Morgan fingerprint density at radius 1 is 0.971 bits per heavy atom. The van der Waals surface area contributed by atoms with Gasteiger partial charge in [0.05, 0.1) is 19.8 Å². The molecule has 1 aliphatic heterocycles. The van der Waals surface area contributed by atoms with E-state index in [1.807, 2.05) is 35.3 Å². The SMILES string of the molecule is O=C1[C@H](OCc2ccccc2)[C@@](CF)(COCc2ccccc2)O[C@]1(O)n1ccc(=O)[nH]c1=O. The maximum absolute atomic E-state index is 14.6. The van der Waals surface area contributed by atoms with Crippen molar-refractivity contribution in [2.45, 2.75) is 30.8 Å². The van der Waals surface area contributed by atoms with Gasteiger partial charge in [-0.15, -0.1) is 0 Å². The summed E-state index contributed by atoms with van der Waals surface area (Å²) in [6, 6.07) is 18.9. The minimum atomic E-state index is -2.91. The van der Waals surface area contributed by atoms with Gasteiger partial charge < -0.3 is 19.3 Å². The molecule has 0 saturated carbocycles. The van der Waals surface area contributed by atoms with Crippen LogP contribution in [-0.4, -0.2) is 45.4 Å². The Morgan fingerprint density at radius 2 is 1.59 bits per heavy atom. The third kappa shape index (κ3) is 4.62. The van der Waals surface area contributed by atoms with Crippen LogP contribution in [0.4, 0.5) is 4.39 Å². The van der Waals surface area contributed by atoms with Gasteiger partial charge in [0.2, 0.25) is 5.78 Å². The molecule has 10 heteroatoms. The number of hydrogen-bond donors (Lipinski definition) is 2. The Morgan fingerprint density at radius 3 is 2.18 bits per heavy atom. The lowest BCUT2D eigenvalue weighted by molar-refractivity contribution is -0.284. The second-order valence-corrected chi connectivity index (χ2v) is 7.91. The Balaban J connectivity index is 1.65. The second kappa shape index (κ2) is 9.82. The smallest absolute Gasteiger partial charge is 0.332 e. The fourth-order valence-electron chi connectivity index (χ4n) is 3.76. The highest BCUT2D eigenvalue weighted by atomic mass is 19.1. The zero-order chi connectivity index (χ0) is 24.2. The normalized spacial score (nSPS) is 24.4. The van der Waals surface area contributed by atoms with Gasteiger partial charge in [0.15, 0.2) is 11.7 Å². The van der Waals surface area contributed by atoms with Crippen LogP contribution in [0.15, 0.2) is 82.5 Å². The Kier molecular flexibility index (Phi) is 6.85. The Hall–Kier alpha value is -3.44. The van der Waals surface area contributed by atoms with E-state index in [0.717, 1.165) is 17.8 Å². The fourth-order valence-corrected chi connectivity index (χ4v) is 3.76. The lowest BCUT2D eigenvalue weighted by Gasteiger charge is -2.31. The van der Waals surface area contributed by atoms with Gasteiger partial charge in [0.1, 0.15) is 6.67 Å². The van der Waals surface area contributed by atoms with Crippen LogP contribution in [0.25, 0.3) is 0 Å². The van der Waals surface area contributed by atoms with E-state index in [1.54, 1.807) is 30.3 Å². The molecule has 4 rings (SSSR count). The number of hydrogen-bond acceptors (Lipinski definition) is 7. The van der Waals surface area contributed by atoms with Crippen molar-refractivity contribution < 1.29 is 28.5 Å². The molecule has 0 spiro atoms.